The maximum absolute atomic E-state index is 14.2. The number of esters is 1. The number of amides is 1. The lowest BCUT2D eigenvalue weighted by Crippen LogP contribution is -2.60. The van der Waals surface area contributed by atoms with Gasteiger partial charge in [0.2, 0.25) is 5.91 Å². The van der Waals surface area contributed by atoms with Gasteiger partial charge in [0.1, 0.15) is 18.1 Å². The van der Waals surface area contributed by atoms with Crippen LogP contribution < -0.4 is 0 Å². The Kier molecular flexibility index (Phi) is 13.8. The Balaban J connectivity index is 1.87. The molecule has 3 heterocycles. The van der Waals surface area contributed by atoms with Gasteiger partial charge in [-0.25, -0.2) is 0 Å². The van der Waals surface area contributed by atoms with Crippen molar-refractivity contribution in [2.75, 3.05) is 75.1 Å². The fraction of sp³-hybridized carbons (Fsp3) is 0.914. The van der Waals surface area contributed by atoms with Crippen LogP contribution >= 0.6 is 0 Å². The Hall–Kier alpha value is -1.67. The van der Waals surface area contributed by atoms with Crippen molar-refractivity contribution in [2.45, 2.75) is 110 Å². The first-order valence-corrected chi connectivity index (χ1v) is 17.4. The summed E-state index contributed by atoms with van der Waals surface area (Å²) in [6.45, 7) is 13.9. The number of ether oxygens (including phenoxy) is 4. The van der Waals surface area contributed by atoms with E-state index in [1.807, 2.05) is 58.9 Å². The van der Waals surface area contributed by atoms with E-state index in [-0.39, 0.29) is 48.3 Å². The number of likely N-dealkylation sites (tertiary alicyclic amines) is 1. The first kappa shape index (κ1) is 39.8. The minimum Gasteiger partial charge on any atom is -0.463 e. The van der Waals surface area contributed by atoms with E-state index in [0.29, 0.717) is 38.9 Å². The molecule has 47 heavy (non-hydrogen) atoms. The first-order valence-electron chi connectivity index (χ1n) is 17.4. The molecule has 0 aromatic carbocycles. The molecule has 9 atom stereocenters. The summed E-state index contributed by atoms with van der Waals surface area (Å²) in [7, 11) is 11.5. The molecule has 0 aromatic heterocycles. The summed E-state index contributed by atoms with van der Waals surface area (Å²) in [6, 6.07) is -0.308. The van der Waals surface area contributed by atoms with Gasteiger partial charge in [-0.1, -0.05) is 13.8 Å². The van der Waals surface area contributed by atoms with Gasteiger partial charge in [-0.3, -0.25) is 19.3 Å². The molecule has 0 aromatic rings. The van der Waals surface area contributed by atoms with E-state index in [0.717, 1.165) is 13.0 Å². The second-order valence-corrected chi connectivity index (χ2v) is 15.8. The molecule has 3 fully saturated rings. The number of ketones is 1. The molecule has 0 saturated carbocycles. The number of likely N-dealkylation sites (N-methyl/N-ethyl adjacent to an activating group) is 2. The SMILES string of the molecule is CO[C@]1(C)C[C@@H](C)CN(C)C(C2CN(C(=O)CCCN(C)C)C2)COC(=O)C(C)(C)C(=O)[C@H](C)[C@H]1O[C@@H]1O[C@H](C)C[C@H](N(C)C)[C@H]1O. The minimum atomic E-state index is -1.46. The standard InChI is InChI=1S/C35H64N4O8/c1-22-17-35(6,44-12)31(47-32-29(41)26(37(9)10)16-23(2)46-32)24(3)30(42)34(4,5)33(43)45-21-27(38(11)18-22)25-19-39(20-25)28(40)14-13-15-36(7)8/h22-27,29,31-32,41H,13-21H2,1-12H3/t22-,23-,24+,26+,27?,29-,31-,32+,35-/m1/s1. The maximum Gasteiger partial charge on any atom is 0.319 e. The van der Waals surface area contributed by atoms with E-state index >= 15 is 0 Å². The number of rotatable bonds is 9. The van der Waals surface area contributed by atoms with Gasteiger partial charge in [-0.2, -0.15) is 0 Å². The molecule has 12 heteroatoms. The van der Waals surface area contributed by atoms with Gasteiger partial charge in [0.15, 0.2) is 12.1 Å². The van der Waals surface area contributed by atoms with Crippen molar-refractivity contribution >= 4 is 17.7 Å². The largest absolute Gasteiger partial charge is 0.463 e. The van der Waals surface area contributed by atoms with Crippen LogP contribution in [0.5, 0.6) is 0 Å². The summed E-state index contributed by atoms with van der Waals surface area (Å²) in [5.74, 6) is -1.31. The average Bonchev–Trinajstić information content (AvgIpc) is 2.96. The third-order valence-corrected chi connectivity index (χ3v) is 10.7. The third kappa shape index (κ3) is 9.52. The van der Waals surface area contributed by atoms with E-state index in [4.69, 9.17) is 18.9 Å². The molecule has 0 aliphatic carbocycles. The third-order valence-electron chi connectivity index (χ3n) is 10.7. The number of aliphatic hydroxyl groups excluding tert-OH is 1. The van der Waals surface area contributed by atoms with Crippen LogP contribution in [-0.2, 0) is 33.3 Å². The summed E-state index contributed by atoms with van der Waals surface area (Å²) >= 11 is 0. The number of methoxy groups -OCH3 is 1. The van der Waals surface area contributed by atoms with Crippen molar-refractivity contribution in [3.63, 3.8) is 0 Å². The Morgan fingerprint density at radius 1 is 1.06 bits per heavy atom. The molecular formula is C35H64N4O8. The quantitative estimate of drug-likeness (QED) is 0.287. The molecule has 3 saturated heterocycles. The monoisotopic (exact) mass is 668 g/mol. The molecule has 12 nitrogen and oxygen atoms in total. The maximum atomic E-state index is 14.2. The summed E-state index contributed by atoms with van der Waals surface area (Å²) in [4.78, 5) is 48.8. The van der Waals surface area contributed by atoms with E-state index in [1.165, 1.54) is 0 Å². The molecule has 272 valence electrons. The lowest BCUT2D eigenvalue weighted by molar-refractivity contribution is -0.295. The van der Waals surface area contributed by atoms with Crippen molar-refractivity contribution in [2.24, 2.45) is 23.2 Å². The van der Waals surface area contributed by atoms with E-state index < -0.39 is 41.4 Å². The van der Waals surface area contributed by atoms with Gasteiger partial charge >= 0.3 is 5.97 Å². The van der Waals surface area contributed by atoms with Crippen molar-refractivity contribution in [3.8, 4) is 0 Å². The lowest BCUT2D eigenvalue weighted by atomic mass is 9.74. The fourth-order valence-corrected chi connectivity index (χ4v) is 7.73. The van der Waals surface area contributed by atoms with Gasteiger partial charge in [0.25, 0.3) is 0 Å². The molecule has 0 radical (unpaired) electrons. The fourth-order valence-electron chi connectivity index (χ4n) is 7.73. The predicted molar refractivity (Wildman–Crippen MR) is 180 cm³/mol. The normalized spacial score (nSPS) is 36.8. The van der Waals surface area contributed by atoms with Crippen LogP contribution in [0.4, 0.5) is 0 Å². The summed E-state index contributed by atoms with van der Waals surface area (Å²) in [5, 5.41) is 11.3. The highest BCUT2D eigenvalue weighted by Gasteiger charge is 2.52. The zero-order valence-electron chi connectivity index (χ0n) is 31.2. The second-order valence-electron chi connectivity index (χ2n) is 15.8. The summed E-state index contributed by atoms with van der Waals surface area (Å²) in [5.41, 5.74) is -2.42. The van der Waals surface area contributed by atoms with Gasteiger partial charge in [-0.05, 0) is 94.7 Å². The van der Waals surface area contributed by atoms with Crippen molar-refractivity contribution < 1.29 is 38.4 Å². The Morgan fingerprint density at radius 2 is 1.70 bits per heavy atom. The van der Waals surface area contributed by atoms with Gasteiger partial charge in [-0.15, -0.1) is 0 Å². The van der Waals surface area contributed by atoms with Crippen LogP contribution in [-0.4, -0.2) is 160 Å². The molecular weight excluding hydrogens is 604 g/mol. The number of Topliss-reactive ketones (excluding diaryl/α,β-unsaturated/α-hetero) is 1. The number of carbonyl (C=O) groups excluding carboxylic acids is 3. The smallest absolute Gasteiger partial charge is 0.319 e. The van der Waals surface area contributed by atoms with Crippen molar-refractivity contribution in [1.29, 1.82) is 0 Å². The number of cyclic esters (lactones) is 1. The molecule has 3 rings (SSSR count). The molecule has 0 spiro atoms. The van der Waals surface area contributed by atoms with Gasteiger partial charge < -0.3 is 38.8 Å². The first-order chi connectivity index (χ1) is 21.8. The van der Waals surface area contributed by atoms with Crippen LogP contribution in [0.15, 0.2) is 0 Å². The van der Waals surface area contributed by atoms with Crippen LogP contribution in [0.1, 0.15) is 67.2 Å². The van der Waals surface area contributed by atoms with Crippen LogP contribution in [0.25, 0.3) is 0 Å². The topological polar surface area (TPSA) is 121 Å². The van der Waals surface area contributed by atoms with Crippen molar-refractivity contribution in [3.05, 3.63) is 0 Å². The highest BCUT2D eigenvalue weighted by molar-refractivity contribution is 6.04. The predicted octanol–water partition coefficient (Wildman–Crippen LogP) is 2.12. The van der Waals surface area contributed by atoms with E-state index in [9.17, 15) is 19.5 Å². The number of hydrogen-bond donors (Lipinski definition) is 1. The van der Waals surface area contributed by atoms with Gasteiger partial charge in [0.05, 0.1) is 17.8 Å². The number of nitrogens with zero attached hydrogens (tertiary/aromatic N) is 4. The molecule has 1 N–H and O–H groups in total. The van der Waals surface area contributed by atoms with E-state index in [2.05, 4.69) is 16.7 Å². The second kappa shape index (κ2) is 16.4. The lowest BCUT2D eigenvalue weighted by Gasteiger charge is -2.47. The van der Waals surface area contributed by atoms with Crippen LogP contribution in [0.2, 0.25) is 0 Å². The Morgan fingerprint density at radius 3 is 2.28 bits per heavy atom. The number of aliphatic hydroxyl groups is 1. The van der Waals surface area contributed by atoms with Crippen molar-refractivity contribution in [1.82, 2.24) is 19.6 Å². The van der Waals surface area contributed by atoms with Crippen LogP contribution in [0.3, 0.4) is 0 Å². The van der Waals surface area contributed by atoms with Crippen LogP contribution in [0, 0.1) is 23.2 Å². The van der Waals surface area contributed by atoms with Gasteiger partial charge in [0, 0.05) is 57.1 Å². The Labute approximate surface area is 283 Å². The Bertz CT molecular complexity index is 1070. The zero-order valence-corrected chi connectivity index (χ0v) is 31.2. The highest BCUT2D eigenvalue weighted by Crippen LogP contribution is 2.38. The molecule has 3 aliphatic rings. The van der Waals surface area contributed by atoms with E-state index in [1.54, 1.807) is 27.9 Å². The number of hydrogen-bond acceptors (Lipinski definition) is 11. The molecule has 3 aliphatic heterocycles. The summed E-state index contributed by atoms with van der Waals surface area (Å²) < 4.78 is 24.9. The minimum absolute atomic E-state index is 0.0970. The zero-order chi connectivity index (χ0) is 35.4. The summed E-state index contributed by atoms with van der Waals surface area (Å²) in [6.07, 6.45) is -0.408. The highest BCUT2D eigenvalue weighted by atomic mass is 16.7. The average molecular weight is 669 g/mol. The molecule has 1 unspecified atom stereocenters. The number of carbonyl (C=O) groups is 3. The molecule has 1 amide bonds. The molecule has 0 bridgehead atoms.